The highest BCUT2D eigenvalue weighted by atomic mass is 16.5. The summed E-state index contributed by atoms with van der Waals surface area (Å²) in [5, 5.41) is 9.37. The molecule has 0 amide bonds. The zero-order valence-corrected chi connectivity index (χ0v) is 13.7. The van der Waals surface area contributed by atoms with Crippen molar-refractivity contribution in [2.24, 2.45) is 11.3 Å². The molecule has 122 valence electrons. The summed E-state index contributed by atoms with van der Waals surface area (Å²) in [6.45, 7) is 4.04. The summed E-state index contributed by atoms with van der Waals surface area (Å²) < 4.78 is 11.2. The summed E-state index contributed by atoms with van der Waals surface area (Å²) >= 11 is 0. The number of nitrogens with zero attached hydrogens (tertiary/aromatic N) is 1. The van der Waals surface area contributed by atoms with Crippen LogP contribution in [0.15, 0.2) is 54.6 Å². The highest BCUT2D eigenvalue weighted by Crippen LogP contribution is 2.52. The first-order chi connectivity index (χ1) is 11.5. The van der Waals surface area contributed by atoms with Gasteiger partial charge in [-0.15, -0.1) is 0 Å². The van der Waals surface area contributed by atoms with E-state index in [-0.39, 0.29) is 17.3 Å². The maximum Gasteiger partial charge on any atom is 0.311 e. The normalized spacial score (nSPS) is 19.0. The quantitative estimate of drug-likeness (QED) is 0.753. The third-order valence-electron chi connectivity index (χ3n) is 4.29. The SMILES string of the molecule is CC1(C)CC1C(=O)O[C@@H](C#N)c1cccc(Oc2ccccc2)c1. The van der Waals surface area contributed by atoms with Gasteiger partial charge in [0, 0.05) is 5.56 Å². The van der Waals surface area contributed by atoms with Gasteiger partial charge >= 0.3 is 5.97 Å². The Balaban J connectivity index is 1.72. The first-order valence-electron chi connectivity index (χ1n) is 7.92. The van der Waals surface area contributed by atoms with Gasteiger partial charge in [-0.05, 0) is 36.1 Å². The van der Waals surface area contributed by atoms with E-state index in [1.807, 2.05) is 44.2 Å². The molecule has 0 bridgehead atoms. The number of hydrogen-bond donors (Lipinski definition) is 0. The number of rotatable bonds is 5. The molecule has 4 heteroatoms. The van der Waals surface area contributed by atoms with E-state index in [9.17, 15) is 10.1 Å². The smallest absolute Gasteiger partial charge is 0.311 e. The molecule has 4 nitrogen and oxygen atoms in total. The molecule has 2 aromatic carbocycles. The molecule has 1 aliphatic carbocycles. The van der Waals surface area contributed by atoms with E-state index < -0.39 is 6.10 Å². The van der Waals surface area contributed by atoms with Crippen LogP contribution in [-0.4, -0.2) is 5.97 Å². The summed E-state index contributed by atoms with van der Waals surface area (Å²) in [5.41, 5.74) is 0.591. The van der Waals surface area contributed by atoms with E-state index >= 15 is 0 Å². The Hall–Kier alpha value is -2.80. The van der Waals surface area contributed by atoms with Gasteiger partial charge in [0.1, 0.15) is 17.6 Å². The van der Waals surface area contributed by atoms with Crippen LogP contribution < -0.4 is 4.74 Å². The standard InChI is InChI=1S/C20H19NO3/c1-20(2)12-17(20)19(22)24-18(13-21)14-7-6-10-16(11-14)23-15-8-4-3-5-9-15/h3-11,17-18H,12H2,1-2H3/t17?,18-/m0/s1. The van der Waals surface area contributed by atoms with Crippen LogP contribution in [0.5, 0.6) is 11.5 Å². The van der Waals surface area contributed by atoms with Crippen molar-refractivity contribution in [3.63, 3.8) is 0 Å². The Morgan fingerprint density at radius 3 is 2.46 bits per heavy atom. The Kier molecular flexibility index (Phi) is 4.26. The van der Waals surface area contributed by atoms with Crippen molar-refractivity contribution in [1.82, 2.24) is 0 Å². The zero-order chi connectivity index (χ0) is 17.2. The lowest BCUT2D eigenvalue weighted by Crippen LogP contribution is -2.14. The fourth-order valence-electron chi connectivity index (χ4n) is 2.60. The van der Waals surface area contributed by atoms with Gasteiger partial charge in [0.15, 0.2) is 0 Å². The summed E-state index contributed by atoms with van der Waals surface area (Å²) in [4.78, 5) is 12.1. The summed E-state index contributed by atoms with van der Waals surface area (Å²) in [6.07, 6.45) is -0.116. The van der Waals surface area contributed by atoms with Gasteiger partial charge in [-0.1, -0.05) is 44.2 Å². The van der Waals surface area contributed by atoms with Crippen LogP contribution in [0.1, 0.15) is 31.9 Å². The second-order valence-electron chi connectivity index (χ2n) is 6.68. The largest absolute Gasteiger partial charge is 0.457 e. The number of carbonyl (C=O) groups excluding carboxylic acids is 1. The lowest BCUT2D eigenvalue weighted by molar-refractivity contribution is -0.149. The van der Waals surface area contributed by atoms with Crippen molar-refractivity contribution in [3.05, 3.63) is 60.2 Å². The number of hydrogen-bond acceptors (Lipinski definition) is 4. The van der Waals surface area contributed by atoms with E-state index in [0.29, 0.717) is 17.1 Å². The molecule has 2 aromatic rings. The van der Waals surface area contributed by atoms with Crippen molar-refractivity contribution in [1.29, 1.82) is 5.26 Å². The monoisotopic (exact) mass is 321 g/mol. The lowest BCUT2D eigenvalue weighted by Gasteiger charge is -2.13. The third kappa shape index (κ3) is 3.57. The van der Waals surface area contributed by atoms with Gasteiger partial charge in [-0.2, -0.15) is 5.26 Å². The van der Waals surface area contributed by atoms with Crippen LogP contribution in [0.3, 0.4) is 0 Å². The number of nitriles is 1. The lowest BCUT2D eigenvalue weighted by atomic mass is 10.1. The minimum Gasteiger partial charge on any atom is -0.457 e. The number of carbonyl (C=O) groups is 1. The Bertz CT molecular complexity index is 777. The summed E-state index contributed by atoms with van der Waals surface area (Å²) in [5.74, 6) is 0.889. The van der Waals surface area contributed by atoms with Gasteiger partial charge in [-0.3, -0.25) is 4.79 Å². The Morgan fingerprint density at radius 2 is 1.83 bits per heavy atom. The molecule has 0 spiro atoms. The molecule has 2 atom stereocenters. The van der Waals surface area contributed by atoms with E-state index in [0.717, 1.165) is 6.42 Å². The van der Waals surface area contributed by atoms with Gasteiger partial charge < -0.3 is 9.47 Å². The van der Waals surface area contributed by atoms with Gasteiger partial charge in [0.2, 0.25) is 6.10 Å². The van der Waals surface area contributed by atoms with Crippen LogP contribution in [0, 0.1) is 22.7 Å². The fraction of sp³-hybridized carbons (Fsp3) is 0.300. The molecule has 0 aliphatic heterocycles. The van der Waals surface area contributed by atoms with E-state index in [2.05, 4.69) is 6.07 Å². The van der Waals surface area contributed by atoms with Gasteiger partial charge in [0.25, 0.3) is 0 Å². The van der Waals surface area contributed by atoms with Crippen LogP contribution in [0.2, 0.25) is 0 Å². The molecule has 0 aromatic heterocycles. The molecule has 0 radical (unpaired) electrons. The molecule has 3 rings (SSSR count). The topological polar surface area (TPSA) is 59.3 Å². The molecule has 0 N–H and O–H groups in total. The molecule has 0 heterocycles. The molecule has 1 fully saturated rings. The van der Waals surface area contributed by atoms with Crippen LogP contribution in [-0.2, 0) is 9.53 Å². The zero-order valence-electron chi connectivity index (χ0n) is 13.7. The molecular weight excluding hydrogens is 302 g/mol. The number of ether oxygens (including phenoxy) is 2. The molecule has 1 aliphatic rings. The molecule has 1 unspecified atom stereocenters. The van der Waals surface area contributed by atoms with Crippen LogP contribution in [0.4, 0.5) is 0 Å². The molecular formula is C20H19NO3. The summed E-state index contributed by atoms with van der Waals surface area (Å²) in [6, 6.07) is 18.5. The molecule has 1 saturated carbocycles. The highest BCUT2D eigenvalue weighted by molar-refractivity contribution is 5.77. The second kappa shape index (κ2) is 6.37. The number of para-hydroxylation sites is 1. The van der Waals surface area contributed by atoms with Crippen molar-refractivity contribution in [2.45, 2.75) is 26.4 Å². The minimum atomic E-state index is -0.923. The van der Waals surface area contributed by atoms with Crippen LogP contribution in [0.25, 0.3) is 0 Å². The number of esters is 1. The average molecular weight is 321 g/mol. The van der Waals surface area contributed by atoms with Crippen LogP contribution >= 0.6 is 0 Å². The van der Waals surface area contributed by atoms with Crippen molar-refractivity contribution in [2.75, 3.05) is 0 Å². The predicted molar refractivity (Wildman–Crippen MR) is 89.3 cm³/mol. The number of benzene rings is 2. The first kappa shape index (κ1) is 16.1. The maximum atomic E-state index is 12.1. The van der Waals surface area contributed by atoms with E-state index in [1.165, 1.54) is 0 Å². The Labute approximate surface area is 141 Å². The Morgan fingerprint density at radius 1 is 1.17 bits per heavy atom. The second-order valence-corrected chi connectivity index (χ2v) is 6.68. The average Bonchev–Trinajstić information content (AvgIpc) is 3.22. The van der Waals surface area contributed by atoms with E-state index in [1.54, 1.807) is 24.3 Å². The van der Waals surface area contributed by atoms with E-state index in [4.69, 9.17) is 9.47 Å². The third-order valence-corrected chi connectivity index (χ3v) is 4.29. The predicted octanol–water partition coefficient (Wildman–Crippen LogP) is 4.63. The van der Waals surface area contributed by atoms with Crippen molar-refractivity contribution in [3.8, 4) is 17.6 Å². The van der Waals surface area contributed by atoms with Gasteiger partial charge in [0.05, 0.1) is 5.92 Å². The highest BCUT2D eigenvalue weighted by Gasteiger charge is 2.52. The molecule has 0 saturated heterocycles. The van der Waals surface area contributed by atoms with Gasteiger partial charge in [-0.25, -0.2) is 0 Å². The van der Waals surface area contributed by atoms with Crippen molar-refractivity contribution < 1.29 is 14.3 Å². The minimum absolute atomic E-state index is 0.0185. The maximum absolute atomic E-state index is 12.1. The molecule has 24 heavy (non-hydrogen) atoms. The van der Waals surface area contributed by atoms with Crippen molar-refractivity contribution >= 4 is 5.97 Å². The first-order valence-corrected chi connectivity index (χ1v) is 7.92. The fourth-order valence-corrected chi connectivity index (χ4v) is 2.60. The summed E-state index contributed by atoms with van der Waals surface area (Å²) in [7, 11) is 0.